The Balaban J connectivity index is 1.49. The van der Waals surface area contributed by atoms with E-state index >= 15 is 0 Å². The minimum Gasteiger partial charge on any atom is -0.323 e. The van der Waals surface area contributed by atoms with E-state index in [9.17, 15) is 18.8 Å². The fourth-order valence-corrected chi connectivity index (χ4v) is 3.28. The van der Waals surface area contributed by atoms with Gasteiger partial charge in [-0.3, -0.25) is 19.4 Å². The van der Waals surface area contributed by atoms with Crippen LogP contribution in [0.4, 0.5) is 15.8 Å². The van der Waals surface area contributed by atoms with Gasteiger partial charge in [0.05, 0.1) is 16.4 Å². The van der Waals surface area contributed by atoms with Crippen LogP contribution in [0.1, 0.15) is 0 Å². The number of carbonyl (C=O) groups is 3. The van der Waals surface area contributed by atoms with Gasteiger partial charge in [-0.05, 0) is 36.4 Å². The van der Waals surface area contributed by atoms with Gasteiger partial charge in [0.2, 0.25) is 5.91 Å². The van der Waals surface area contributed by atoms with Crippen molar-refractivity contribution in [3.63, 3.8) is 0 Å². The molecule has 1 fully saturated rings. The molecule has 1 N–H and O–H groups in total. The summed E-state index contributed by atoms with van der Waals surface area (Å²) in [5, 5.41) is 11.8. The fourth-order valence-electron chi connectivity index (χ4n) is 3.10. The first-order chi connectivity index (χ1) is 13.5. The van der Waals surface area contributed by atoms with Gasteiger partial charge in [0.1, 0.15) is 12.4 Å². The molecule has 0 saturated carbocycles. The lowest BCUT2D eigenvalue weighted by atomic mass is 10.1. The molecule has 0 radical (unpaired) electrons. The van der Waals surface area contributed by atoms with E-state index in [1.165, 1.54) is 17.1 Å². The number of rotatable bonds is 4. The van der Waals surface area contributed by atoms with Crippen molar-refractivity contribution in [1.29, 1.82) is 0 Å². The Kier molecular flexibility index (Phi) is 4.52. The zero-order valence-electron chi connectivity index (χ0n) is 14.3. The first kappa shape index (κ1) is 18.1. The molecule has 8 nitrogen and oxygen atoms in total. The molecule has 2 aliphatic heterocycles. The third-order valence-corrected chi connectivity index (χ3v) is 4.73. The number of amides is 3. The third-order valence-electron chi connectivity index (χ3n) is 4.40. The molecular formula is C18H13ClFN5O3. The topological polar surface area (TPSA) is 94.4 Å². The molecule has 142 valence electrons. The fraction of sp³-hybridized carbons (Fsp3) is 0.167. The molecule has 1 saturated heterocycles. The van der Waals surface area contributed by atoms with Gasteiger partial charge in [0.25, 0.3) is 11.8 Å². The predicted molar refractivity (Wildman–Crippen MR) is 98.1 cm³/mol. The number of nitrogens with zero attached hydrogens (tertiary/aromatic N) is 4. The normalized spacial score (nSPS) is 20.6. The third kappa shape index (κ3) is 3.09. The molecule has 2 heterocycles. The van der Waals surface area contributed by atoms with Crippen LogP contribution in [0.3, 0.4) is 0 Å². The Hall–Kier alpha value is -3.33. The average molecular weight is 402 g/mol. The standard InChI is InChI=1S/C18H13ClFN5O3/c19-12-3-1-2-4-13(12)21-14(26)9-24-16-15(22-23-24)17(27)25(18(16)28)11-7-5-10(20)6-8-11/h1-8,15-16H,9H2,(H,21,26)/t15-,16-/m0/s1. The molecule has 3 amide bonds. The minimum atomic E-state index is -1.04. The van der Waals surface area contributed by atoms with Gasteiger partial charge >= 0.3 is 0 Å². The number of carbonyl (C=O) groups excluding carboxylic acids is 3. The van der Waals surface area contributed by atoms with Gasteiger partial charge in [0.15, 0.2) is 12.1 Å². The number of hydrogen-bond donors (Lipinski definition) is 1. The highest BCUT2D eigenvalue weighted by Crippen LogP contribution is 2.32. The van der Waals surface area contributed by atoms with Crippen LogP contribution in [0, 0.1) is 5.82 Å². The highest BCUT2D eigenvalue weighted by atomic mass is 35.5. The summed E-state index contributed by atoms with van der Waals surface area (Å²) in [6.45, 7) is -0.286. The first-order valence-electron chi connectivity index (χ1n) is 8.31. The molecule has 2 aromatic rings. The zero-order valence-corrected chi connectivity index (χ0v) is 15.0. The Morgan fingerprint density at radius 1 is 1.11 bits per heavy atom. The zero-order chi connectivity index (χ0) is 19.8. The summed E-state index contributed by atoms with van der Waals surface area (Å²) in [6.07, 6.45) is 0. The molecule has 2 atom stereocenters. The number of para-hydroxylation sites is 1. The molecular weight excluding hydrogens is 389 g/mol. The number of hydrogen-bond acceptors (Lipinski definition) is 6. The molecule has 0 spiro atoms. The summed E-state index contributed by atoms with van der Waals surface area (Å²) < 4.78 is 13.1. The molecule has 10 heteroatoms. The number of halogens is 2. The van der Waals surface area contributed by atoms with Gasteiger partial charge in [-0.1, -0.05) is 29.0 Å². The lowest BCUT2D eigenvalue weighted by Crippen LogP contribution is -2.43. The van der Waals surface area contributed by atoms with Gasteiger partial charge in [-0.2, -0.15) is 5.11 Å². The van der Waals surface area contributed by atoms with Crippen LogP contribution in [0.2, 0.25) is 5.02 Å². The number of imide groups is 1. The second-order valence-corrected chi connectivity index (χ2v) is 6.62. The van der Waals surface area contributed by atoms with E-state index < -0.39 is 35.6 Å². The predicted octanol–water partition coefficient (Wildman–Crippen LogP) is 2.41. The molecule has 0 unspecified atom stereocenters. The Labute approximate surface area is 163 Å². The van der Waals surface area contributed by atoms with Crippen molar-refractivity contribution in [3.05, 3.63) is 59.4 Å². The second-order valence-electron chi connectivity index (χ2n) is 6.21. The first-order valence-corrected chi connectivity index (χ1v) is 8.68. The van der Waals surface area contributed by atoms with E-state index in [2.05, 4.69) is 15.7 Å². The highest BCUT2D eigenvalue weighted by molar-refractivity contribution is 6.33. The summed E-state index contributed by atoms with van der Waals surface area (Å²) in [5.74, 6) is -2.09. The summed E-state index contributed by atoms with van der Waals surface area (Å²) in [6, 6.07) is 9.62. The number of fused-ring (bicyclic) bond motifs is 1. The van der Waals surface area contributed by atoms with Gasteiger partial charge in [-0.25, -0.2) is 9.29 Å². The van der Waals surface area contributed by atoms with Crippen LogP contribution in [0.25, 0.3) is 0 Å². The summed E-state index contributed by atoms with van der Waals surface area (Å²) in [7, 11) is 0. The van der Waals surface area contributed by atoms with Crippen LogP contribution < -0.4 is 10.2 Å². The minimum absolute atomic E-state index is 0.237. The van der Waals surface area contributed by atoms with Gasteiger partial charge in [-0.15, -0.1) is 0 Å². The molecule has 4 rings (SSSR count). The van der Waals surface area contributed by atoms with E-state index in [1.807, 2.05) is 0 Å². The molecule has 28 heavy (non-hydrogen) atoms. The average Bonchev–Trinajstić information content (AvgIpc) is 3.18. The van der Waals surface area contributed by atoms with Crippen LogP contribution in [-0.2, 0) is 14.4 Å². The Morgan fingerprint density at radius 3 is 2.54 bits per heavy atom. The Bertz CT molecular complexity index is 997. The maximum atomic E-state index is 13.1. The highest BCUT2D eigenvalue weighted by Gasteiger charge is 2.55. The summed E-state index contributed by atoms with van der Waals surface area (Å²) in [5.41, 5.74) is 0.657. The van der Waals surface area contributed by atoms with Crippen molar-refractivity contribution in [3.8, 4) is 0 Å². The summed E-state index contributed by atoms with van der Waals surface area (Å²) >= 11 is 6.01. The lowest BCUT2D eigenvalue weighted by molar-refractivity contribution is -0.123. The maximum Gasteiger partial charge on any atom is 0.263 e. The number of benzene rings is 2. The smallest absolute Gasteiger partial charge is 0.263 e. The van der Waals surface area contributed by atoms with E-state index in [4.69, 9.17) is 11.6 Å². The monoisotopic (exact) mass is 401 g/mol. The molecule has 0 aromatic heterocycles. The molecule has 2 aromatic carbocycles. The van der Waals surface area contributed by atoms with E-state index in [0.29, 0.717) is 10.7 Å². The van der Waals surface area contributed by atoms with Crippen LogP contribution in [0.15, 0.2) is 58.9 Å². The van der Waals surface area contributed by atoms with E-state index in [1.54, 1.807) is 24.3 Å². The molecule has 0 aliphatic carbocycles. The quantitative estimate of drug-likeness (QED) is 0.796. The molecule has 0 bridgehead atoms. The number of anilines is 2. The van der Waals surface area contributed by atoms with Crippen molar-refractivity contribution in [2.45, 2.75) is 12.1 Å². The van der Waals surface area contributed by atoms with Crippen LogP contribution in [-0.4, -0.2) is 41.4 Å². The van der Waals surface area contributed by atoms with Crippen molar-refractivity contribution in [2.75, 3.05) is 16.8 Å². The van der Waals surface area contributed by atoms with Crippen molar-refractivity contribution >= 4 is 40.7 Å². The van der Waals surface area contributed by atoms with Gasteiger partial charge in [0, 0.05) is 0 Å². The van der Waals surface area contributed by atoms with Crippen LogP contribution >= 0.6 is 11.6 Å². The number of nitrogens with one attached hydrogen (secondary N) is 1. The SMILES string of the molecule is O=C(CN1N=N[C@@H]2C(=O)N(c3ccc(F)cc3)C(=O)[C@H]21)Nc1ccccc1Cl. The summed E-state index contributed by atoms with van der Waals surface area (Å²) in [4.78, 5) is 38.6. The van der Waals surface area contributed by atoms with Crippen LogP contribution in [0.5, 0.6) is 0 Å². The Morgan fingerprint density at radius 2 is 1.82 bits per heavy atom. The lowest BCUT2D eigenvalue weighted by Gasteiger charge is -2.20. The largest absolute Gasteiger partial charge is 0.323 e. The van der Waals surface area contributed by atoms with Crippen molar-refractivity contribution in [1.82, 2.24) is 5.01 Å². The molecule has 2 aliphatic rings. The van der Waals surface area contributed by atoms with Crippen molar-refractivity contribution < 1.29 is 18.8 Å². The van der Waals surface area contributed by atoms with Gasteiger partial charge < -0.3 is 5.32 Å². The van der Waals surface area contributed by atoms with E-state index in [0.717, 1.165) is 17.0 Å². The van der Waals surface area contributed by atoms with E-state index in [-0.39, 0.29) is 12.2 Å². The second kappa shape index (κ2) is 7.01. The maximum absolute atomic E-state index is 13.1. The van der Waals surface area contributed by atoms with Crippen molar-refractivity contribution in [2.24, 2.45) is 10.3 Å².